The number of rotatable bonds is 2. The normalized spacial score (nSPS) is 18.3. The standard InChI is InChI=1S/C16H15N3O3/c17-9-11-5-7-18(8-6-11)14(20)10-19-15(21)12-3-1-2-4-13(12)16(19)22/h1-4,11H,5-8,10H2. The van der Waals surface area contributed by atoms with Crippen LogP contribution in [0.4, 0.5) is 0 Å². The van der Waals surface area contributed by atoms with E-state index in [9.17, 15) is 14.4 Å². The van der Waals surface area contributed by atoms with E-state index in [0.29, 0.717) is 37.1 Å². The van der Waals surface area contributed by atoms with E-state index in [4.69, 9.17) is 5.26 Å². The maximum Gasteiger partial charge on any atom is 0.262 e. The number of benzene rings is 1. The van der Waals surface area contributed by atoms with E-state index in [2.05, 4.69) is 6.07 Å². The van der Waals surface area contributed by atoms with Gasteiger partial charge >= 0.3 is 0 Å². The van der Waals surface area contributed by atoms with E-state index in [0.717, 1.165) is 4.90 Å². The van der Waals surface area contributed by atoms with Gasteiger partial charge in [-0.25, -0.2) is 0 Å². The van der Waals surface area contributed by atoms with Crippen LogP contribution in [0.3, 0.4) is 0 Å². The fourth-order valence-corrected chi connectivity index (χ4v) is 2.88. The van der Waals surface area contributed by atoms with Gasteiger partial charge in [0.1, 0.15) is 6.54 Å². The number of carbonyl (C=O) groups is 3. The Labute approximate surface area is 127 Å². The van der Waals surface area contributed by atoms with Crippen LogP contribution in [0.15, 0.2) is 24.3 Å². The first-order chi connectivity index (χ1) is 10.6. The Morgan fingerprint density at radius 3 is 2.18 bits per heavy atom. The molecular weight excluding hydrogens is 282 g/mol. The van der Waals surface area contributed by atoms with Gasteiger partial charge in [0.2, 0.25) is 5.91 Å². The van der Waals surface area contributed by atoms with Crippen molar-refractivity contribution in [1.82, 2.24) is 9.80 Å². The Morgan fingerprint density at radius 2 is 1.68 bits per heavy atom. The molecule has 0 aliphatic carbocycles. The maximum absolute atomic E-state index is 12.3. The van der Waals surface area contributed by atoms with Crippen molar-refractivity contribution in [2.24, 2.45) is 5.92 Å². The fraction of sp³-hybridized carbons (Fsp3) is 0.375. The summed E-state index contributed by atoms with van der Waals surface area (Å²) in [5, 5.41) is 8.86. The van der Waals surface area contributed by atoms with Gasteiger partial charge < -0.3 is 4.90 Å². The molecule has 1 aromatic rings. The molecule has 0 bridgehead atoms. The molecule has 0 aromatic heterocycles. The van der Waals surface area contributed by atoms with Crippen LogP contribution in [-0.2, 0) is 4.79 Å². The van der Waals surface area contributed by atoms with Gasteiger partial charge in [-0.15, -0.1) is 0 Å². The second-order valence-electron chi connectivity index (χ2n) is 5.53. The van der Waals surface area contributed by atoms with E-state index in [1.807, 2.05) is 0 Å². The third-order valence-electron chi connectivity index (χ3n) is 4.20. The summed E-state index contributed by atoms with van der Waals surface area (Å²) < 4.78 is 0. The highest BCUT2D eigenvalue weighted by molar-refractivity contribution is 6.22. The lowest BCUT2D eigenvalue weighted by molar-refractivity contribution is -0.132. The maximum atomic E-state index is 12.3. The second kappa shape index (κ2) is 5.60. The number of likely N-dealkylation sites (tertiary alicyclic amines) is 1. The van der Waals surface area contributed by atoms with Crippen molar-refractivity contribution in [2.45, 2.75) is 12.8 Å². The molecule has 6 nitrogen and oxygen atoms in total. The average Bonchev–Trinajstić information content (AvgIpc) is 2.80. The zero-order valence-corrected chi connectivity index (χ0v) is 12.0. The Kier molecular flexibility index (Phi) is 3.63. The molecule has 1 saturated heterocycles. The highest BCUT2D eigenvalue weighted by Crippen LogP contribution is 2.23. The van der Waals surface area contributed by atoms with Crippen molar-refractivity contribution in [3.63, 3.8) is 0 Å². The Morgan fingerprint density at radius 1 is 1.14 bits per heavy atom. The predicted molar refractivity (Wildman–Crippen MR) is 76.7 cm³/mol. The number of nitrogens with zero attached hydrogens (tertiary/aromatic N) is 3. The van der Waals surface area contributed by atoms with Gasteiger partial charge in [-0.05, 0) is 25.0 Å². The summed E-state index contributed by atoms with van der Waals surface area (Å²) >= 11 is 0. The highest BCUT2D eigenvalue weighted by Gasteiger charge is 2.37. The number of fused-ring (bicyclic) bond motifs is 1. The number of carbonyl (C=O) groups excluding carboxylic acids is 3. The fourth-order valence-electron chi connectivity index (χ4n) is 2.88. The lowest BCUT2D eigenvalue weighted by atomic mass is 9.98. The predicted octanol–water partition coefficient (Wildman–Crippen LogP) is 1.04. The highest BCUT2D eigenvalue weighted by atomic mass is 16.2. The molecule has 0 radical (unpaired) electrons. The van der Waals surface area contributed by atoms with Gasteiger partial charge in [-0.3, -0.25) is 19.3 Å². The molecule has 3 rings (SSSR count). The summed E-state index contributed by atoms with van der Waals surface area (Å²) in [5.41, 5.74) is 0.701. The van der Waals surface area contributed by atoms with E-state index >= 15 is 0 Å². The number of hydrogen-bond acceptors (Lipinski definition) is 4. The van der Waals surface area contributed by atoms with Crippen LogP contribution < -0.4 is 0 Å². The van der Waals surface area contributed by atoms with Crippen molar-refractivity contribution in [3.05, 3.63) is 35.4 Å². The van der Waals surface area contributed by atoms with Crippen molar-refractivity contribution in [2.75, 3.05) is 19.6 Å². The van der Waals surface area contributed by atoms with Crippen LogP contribution in [0.2, 0.25) is 0 Å². The van der Waals surface area contributed by atoms with E-state index in [-0.39, 0.29) is 18.4 Å². The third kappa shape index (κ3) is 2.35. The van der Waals surface area contributed by atoms with Crippen LogP contribution in [0.1, 0.15) is 33.6 Å². The van der Waals surface area contributed by atoms with E-state index < -0.39 is 11.8 Å². The lowest BCUT2D eigenvalue weighted by Gasteiger charge is -2.30. The van der Waals surface area contributed by atoms with E-state index in [1.165, 1.54) is 0 Å². The van der Waals surface area contributed by atoms with Crippen LogP contribution in [0.25, 0.3) is 0 Å². The van der Waals surface area contributed by atoms with Crippen LogP contribution >= 0.6 is 0 Å². The number of piperidine rings is 1. The molecule has 6 heteroatoms. The first kappa shape index (κ1) is 14.3. The summed E-state index contributed by atoms with van der Waals surface area (Å²) in [6.07, 6.45) is 1.29. The summed E-state index contributed by atoms with van der Waals surface area (Å²) in [6.45, 7) is 0.768. The van der Waals surface area contributed by atoms with Gasteiger partial charge in [0, 0.05) is 19.0 Å². The van der Waals surface area contributed by atoms with Gasteiger partial charge in [0.05, 0.1) is 17.2 Å². The Bertz CT molecular complexity index is 649. The number of imide groups is 1. The zero-order valence-electron chi connectivity index (χ0n) is 12.0. The van der Waals surface area contributed by atoms with Gasteiger partial charge in [0.25, 0.3) is 11.8 Å². The minimum absolute atomic E-state index is 0.0108. The molecule has 0 spiro atoms. The molecule has 2 heterocycles. The number of nitriles is 1. The molecule has 0 N–H and O–H groups in total. The van der Waals surface area contributed by atoms with Crippen LogP contribution in [0.5, 0.6) is 0 Å². The monoisotopic (exact) mass is 297 g/mol. The quantitative estimate of drug-likeness (QED) is 0.764. The molecule has 0 unspecified atom stereocenters. The smallest absolute Gasteiger partial charge is 0.262 e. The Hall–Kier alpha value is -2.68. The van der Waals surface area contributed by atoms with Crippen molar-refractivity contribution in [1.29, 1.82) is 5.26 Å². The molecule has 2 aliphatic rings. The van der Waals surface area contributed by atoms with Gasteiger partial charge in [-0.1, -0.05) is 12.1 Å². The first-order valence-corrected chi connectivity index (χ1v) is 7.24. The third-order valence-corrected chi connectivity index (χ3v) is 4.20. The lowest BCUT2D eigenvalue weighted by Crippen LogP contribution is -2.45. The minimum Gasteiger partial charge on any atom is -0.341 e. The molecule has 0 saturated carbocycles. The van der Waals surface area contributed by atoms with Crippen molar-refractivity contribution in [3.8, 4) is 6.07 Å². The Balaban J connectivity index is 1.68. The molecule has 1 fully saturated rings. The molecule has 112 valence electrons. The van der Waals surface area contributed by atoms with Crippen LogP contribution in [0, 0.1) is 17.2 Å². The molecule has 1 aromatic carbocycles. The molecule has 3 amide bonds. The van der Waals surface area contributed by atoms with Gasteiger partial charge in [-0.2, -0.15) is 5.26 Å². The van der Waals surface area contributed by atoms with Crippen molar-refractivity contribution >= 4 is 17.7 Å². The molecule has 0 atom stereocenters. The summed E-state index contributed by atoms with van der Waals surface area (Å²) in [4.78, 5) is 39.3. The minimum atomic E-state index is -0.416. The first-order valence-electron chi connectivity index (χ1n) is 7.24. The number of amides is 3. The second-order valence-corrected chi connectivity index (χ2v) is 5.53. The SMILES string of the molecule is N#CC1CCN(C(=O)CN2C(=O)c3ccccc3C2=O)CC1. The zero-order chi connectivity index (χ0) is 15.7. The number of hydrogen-bond donors (Lipinski definition) is 0. The topological polar surface area (TPSA) is 81.5 Å². The summed E-state index contributed by atoms with van der Waals surface area (Å²) in [6, 6.07) is 8.79. The molecular formula is C16H15N3O3. The summed E-state index contributed by atoms with van der Waals surface area (Å²) in [5.74, 6) is -1.09. The largest absolute Gasteiger partial charge is 0.341 e. The van der Waals surface area contributed by atoms with Crippen LogP contribution in [-0.4, -0.2) is 47.2 Å². The summed E-state index contributed by atoms with van der Waals surface area (Å²) in [7, 11) is 0. The van der Waals surface area contributed by atoms with E-state index in [1.54, 1.807) is 29.2 Å². The van der Waals surface area contributed by atoms with Gasteiger partial charge in [0.15, 0.2) is 0 Å². The molecule has 22 heavy (non-hydrogen) atoms. The van der Waals surface area contributed by atoms with Crippen molar-refractivity contribution < 1.29 is 14.4 Å². The molecule has 2 aliphatic heterocycles. The average molecular weight is 297 g/mol.